The van der Waals surface area contributed by atoms with Gasteiger partial charge in [0, 0.05) is 12.1 Å². The Balaban J connectivity index is 2.01. The number of carbonyl (C=O) groups is 1. The number of urea groups is 1. The predicted molar refractivity (Wildman–Crippen MR) is 77.9 cm³/mol. The van der Waals surface area contributed by atoms with Crippen molar-refractivity contribution in [2.24, 2.45) is 0 Å². The van der Waals surface area contributed by atoms with Gasteiger partial charge < -0.3 is 10.6 Å². The van der Waals surface area contributed by atoms with Crippen LogP contribution in [0.15, 0.2) is 16.6 Å². The van der Waals surface area contributed by atoms with Gasteiger partial charge in [0.1, 0.15) is 11.6 Å². The zero-order chi connectivity index (χ0) is 15.6. The lowest BCUT2D eigenvalue weighted by molar-refractivity contribution is 0.248. The number of nitrogens with one attached hydrogen (secondary N) is 2. The minimum atomic E-state index is -3.14. The largest absolute Gasteiger partial charge is 0.334 e. The minimum Gasteiger partial charge on any atom is -0.334 e. The third-order valence-corrected chi connectivity index (χ3v) is 5.49. The molecule has 0 bridgehead atoms. The molecule has 2 rings (SSSR count). The maximum absolute atomic E-state index is 13.5. The number of amides is 2. The molecule has 1 aromatic rings. The van der Waals surface area contributed by atoms with Crippen molar-refractivity contribution in [2.75, 3.05) is 16.8 Å². The minimum absolute atomic E-state index is 0.0134. The van der Waals surface area contributed by atoms with E-state index in [4.69, 9.17) is 0 Å². The van der Waals surface area contributed by atoms with Gasteiger partial charge in [0.15, 0.2) is 9.84 Å². The van der Waals surface area contributed by atoms with Crippen molar-refractivity contribution in [1.82, 2.24) is 5.32 Å². The van der Waals surface area contributed by atoms with Crippen LogP contribution in [-0.4, -0.2) is 32.0 Å². The number of anilines is 1. The first-order valence-corrected chi connectivity index (χ1v) is 8.81. The van der Waals surface area contributed by atoms with Crippen LogP contribution in [0.25, 0.3) is 0 Å². The summed E-state index contributed by atoms with van der Waals surface area (Å²) >= 11 is 2.89. The normalized spacial score (nSPS) is 20.8. The van der Waals surface area contributed by atoms with Gasteiger partial charge in [0.2, 0.25) is 0 Å². The van der Waals surface area contributed by atoms with Gasteiger partial charge in [-0.1, -0.05) is 0 Å². The van der Waals surface area contributed by atoms with Crippen molar-refractivity contribution in [3.05, 3.63) is 28.2 Å². The van der Waals surface area contributed by atoms with Crippen molar-refractivity contribution >= 4 is 37.5 Å². The first kappa shape index (κ1) is 16.2. The topological polar surface area (TPSA) is 75.3 Å². The lowest BCUT2D eigenvalue weighted by Crippen LogP contribution is -2.45. The molecule has 1 saturated heterocycles. The van der Waals surface area contributed by atoms with Crippen LogP contribution in [0.2, 0.25) is 0 Å². The third-order valence-electron chi connectivity index (χ3n) is 3.06. The Morgan fingerprint density at radius 1 is 1.29 bits per heavy atom. The van der Waals surface area contributed by atoms with Gasteiger partial charge in [0.25, 0.3) is 0 Å². The highest BCUT2D eigenvalue weighted by molar-refractivity contribution is 9.10. The standard InChI is InChI=1S/C12H13BrF2N2O3S/c13-8-4-11(10(15)5-9(8)14)17-12(18)16-7-2-1-3-21(19,20)6-7/h4-5,7H,1-3,6H2,(H2,16,17,18). The van der Waals surface area contributed by atoms with E-state index in [1.807, 2.05) is 0 Å². The Kier molecular flexibility index (Phi) is 4.82. The zero-order valence-electron chi connectivity index (χ0n) is 10.8. The summed E-state index contributed by atoms with van der Waals surface area (Å²) in [5, 5.41) is 4.72. The highest BCUT2D eigenvalue weighted by Crippen LogP contribution is 2.23. The highest BCUT2D eigenvalue weighted by Gasteiger charge is 2.26. The van der Waals surface area contributed by atoms with E-state index >= 15 is 0 Å². The molecular formula is C12H13BrF2N2O3S. The molecule has 0 aromatic heterocycles. The number of hydrogen-bond acceptors (Lipinski definition) is 3. The van der Waals surface area contributed by atoms with E-state index in [9.17, 15) is 22.0 Å². The Morgan fingerprint density at radius 3 is 2.67 bits per heavy atom. The molecule has 1 heterocycles. The molecule has 9 heteroatoms. The summed E-state index contributed by atoms with van der Waals surface area (Å²) in [5.41, 5.74) is -0.195. The Labute approximate surface area is 129 Å². The molecule has 1 aliphatic rings. The maximum atomic E-state index is 13.5. The van der Waals surface area contributed by atoms with E-state index in [0.717, 1.165) is 6.07 Å². The highest BCUT2D eigenvalue weighted by atomic mass is 79.9. The second kappa shape index (κ2) is 6.27. The summed E-state index contributed by atoms with van der Waals surface area (Å²) in [7, 11) is -3.14. The van der Waals surface area contributed by atoms with Gasteiger partial charge in [-0.15, -0.1) is 0 Å². The molecule has 21 heavy (non-hydrogen) atoms. The van der Waals surface area contributed by atoms with Crippen molar-refractivity contribution in [1.29, 1.82) is 0 Å². The summed E-state index contributed by atoms with van der Waals surface area (Å²) < 4.78 is 49.5. The smallest absolute Gasteiger partial charge is 0.319 e. The number of rotatable bonds is 2. The predicted octanol–water partition coefficient (Wildman–Crippen LogP) is 2.43. The van der Waals surface area contributed by atoms with Gasteiger partial charge in [0.05, 0.1) is 21.7 Å². The van der Waals surface area contributed by atoms with Crippen LogP contribution in [-0.2, 0) is 9.84 Å². The van der Waals surface area contributed by atoms with E-state index in [1.165, 1.54) is 0 Å². The molecule has 0 spiro atoms. The number of halogens is 3. The van der Waals surface area contributed by atoms with Crippen LogP contribution in [0.5, 0.6) is 0 Å². The Bertz CT molecular complexity index is 667. The van der Waals surface area contributed by atoms with Crippen LogP contribution in [0.3, 0.4) is 0 Å². The Morgan fingerprint density at radius 2 is 2.00 bits per heavy atom. The van der Waals surface area contributed by atoms with E-state index in [1.54, 1.807) is 0 Å². The second-order valence-corrected chi connectivity index (χ2v) is 7.88. The second-order valence-electron chi connectivity index (χ2n) is 4.80. The van der Waals surface area contributed by atoms with Crippen LogP contribution in [0.1, 0.15) is 12.8 Å². The maximum Gasteiger partial charge on any atom is 0.319 e. The quantitative estimate of drug-likeness (QED) is 0.771. The molecule has 1 aromatic carbocycles. The van der Waals surface area contributed by atoms with Crippen LogP contribution >= 0.6 is 15.9 Å². The number of sulfone groups is 1. The molecule has 1 fully saturated rings. The first-order valence-electron chi connectivity index (χ1n) is 6.19. The number of carbonyl (C=O) groups excluding carboxylic acids is 1. The molecule has 2 N–H and O–H groups in total. The van der Waals surface area contributed by atoms with Crippen molar-refractivity contribution < 1.29 is 22.0 Å². The van der Waals surface area contributed by atoms with Crippen LogP contribution in [0.4, 0.5) is 19.3 Å². The molecule has 116 valence electrons. The zero-order valence-corrected chi connectivity index (χ0v) is 13.2. The summed E-state index contributed by atoms with van der Waals surface area (Å²) in [6.45, 7) is 0. The third kappa shape index (κ3) is 4.37. The number of hydrogen-bond donors (Lipinski definition) is 2. The van der Waals surface area contributed by atoms with E-state index in [2.05, 4.69) is 26.6 Å². The monoisotopic (exact) mass is 382 g/mol. The average molecular weight is 383 g/mol. The summed E-state index contributed by atoms with van der Waals surface area (Å²) in [6.07, 6.45) is 1.02. The van der Waals surface area contributed by atoms with Crippen molar-refractivity contribution in [3.8, 4) is 0 Å². The van der Waals surface area contributed by atoms with Gasteiger partial charge in [-0.2, -0.15) is 0 Å². The lowest BCUT2D eigenvalue weighted by Gasteiger charge is -2.23. The molecule has 2 amide bonds. The molecule has 1 unspecified atom stereocenters. The van der Waals surface area contributed by atoms with Gasteiger partial charge in [-0.25, -0.2) is 22.0 Å². The lowest BCUT2D eigenvalue weighted by atomic mass is 10.2. The summed E-state index contributed by atoms with van der Waals surface area (Å²) in [6, 6.07) is 0.511. The SMILES string of the molecule is O=C(Nc1cc(Br)c(F)cc1F)NC1CCCS(=O)(=O)C1. The van der Waals surface area contributed by atoms with E-state index in [-0.39, 0.29) is 21.7 Å². The summed E-state index contributed by atoms with van der Waals surface area (Å²) in [5.74, 6) is -1.71. The van der Waals surface area contributed by atoms with Crippen LogP contribution in [0, 0.1) is 11.6 Å². The molecule has 1 atom stereocenters. The van der Waals surface area contributed by atoms with Crippen molar-refractivity contribution in [2.45, 2.75) is 18.9 Å². The average Bonchev–Trinajstić information content (AvgIpc) is 2.34. The first-order chi connectivity index (χ1) is 9.77. The van der Waals surface area contributed by atoms with Crippen molar-refractivity contribution in [3.63, 3.8) is 0 Å². The van der Waals surface area contributed by atoms with E-state index < -0.39 is 33.5 Å². The summed E-state index contributed by atoms with van der Waals surface area (Å²) in [4.78, 5) is 11.7. The fourth-order valence-corrected chi connectivity index (χ4v) is 4.08. The molecule has 5 nitrogen and oxygen atoms in total. The van der Waals surface area contributed by atoms with Gasteiger partial charge in [-0.05, 0) is 34.8 Å². The Hall–Kier alpha value is -1.22. The number of benzene rings is 1. The molecular weight excluding hydrogens is 370 g/mol. The molecule has 0 saturated carbocycles. The van der Waals surface area contributed by atoms with Gasteiger partial charge >= 0.3 is 6.03 Å². The van der Waals surface area contributed by atoms with Crippen LogP contribution < -0.4 is 10.6 Å². The molecule has 1 aliphatic heterocycles. The fourth-order valence-electron chi connectivity index (χ4n) is 2.10. The van der Waals surface area contributed by atoms with E-state index in [0.29, 0.717) is 18.9 Å². The molecule has 0 aliphatic carbocycles. The fraction of sp³-hybridized carbons (Fsp3) is 0.417. The molecule has 0 radical (unpaired) electrons. The van der Waals surface area contributed by atoms with Gasteiger partial charge in [-0.3, -0.25) is 0 Å².